The van der Waals surface area contributed by atoms with Gasteiger partial charge in [-0.2, -0.15) is 0 Å². The lowest BCUT2D eigenvalue weighted by atomic mass is 10.4. The Morgan fingerprint density at radius 3 is 2.67 bits per heavy atom. The summed E-state index contributed by atoms with van der Waals surface area (Å²) in [6, 6.07) is 1.53. The van der Waals surface area contributed by atoms with Gasteiger partial charge >= 0.3 is 0 Å². The average molecular weight is 313 g/mol. The first-order valence-corrected chi connectivity index (χ1v) is 6.96. The van der Waals surface area contributed by atoms with E-state index in [1.54, 1.807) is 6.92 Å². The van der Waals surface area contributed by atoms with Gasteiger partial charge in [0.15, 0.2) is 0 Å². The van der Waals surface area contributed by atoms with Crippen LogP contribution in [0.15, 0.2) is 14.1 Å². The predicted octanol–water partition coefficient (Wildman–Crippen LogP) is 0.583. The van der Waals surface area contributed by atoms with E-state index < -0.39 is 22.5 Å². The number of rotatable bonds is 4. The summed E-state index contributed by atoms with van der Waals surface area (Å²) in [5.74, 6) is -0.717. The molecule has 3 N–H and O–H groups in total. The SMILES string of the molecule is Cc1cc(S(=O)(=O)NCC(N)=O)sc1Br. The molecular weight excluding hydrogens is 304 g/mol. The monoisotopic (exact) mass is 312 g/mol. The molecule has 0 aromatic carbocycles. The topological polar surface area (TPSA) is 89.3 Å². The molecule has 0 aliphatic heterocycles. The summed E-state index contributed by atoms with van der Waals surface area (Å²) in [6.07, 6.45) is 0. The Kier molecular flexibility index (Phi) is 3.87. The molecule has 0 saturated heterocycles. The van der Waals surface area contributed by atoms with Gasteiger partial charge in [-0.1, -0.05) is 0 Å². The standard InChI is InChI=1S/C7H9BrN2O3S2/c1-4-2-6(14-7(4)8)15(12,13)10-3-5(9)11/h2,10H,3H2,1H3,(H2,9,11). The summed E-state index contributed by atoms with van der Waals surface area (Å²) in [5.41, 5.74) is 5.67. The second-order valence-corrected chi connectivity index (χ2v) is 7.18. The van der Waals surface area contributed by atoms with Crippen molar-refractivity contribution in [3.8, 4) is 0 Å². The third-order valence-corrected chi connectivity index (χ3v) is 5.55. The first-order chi connectivity index (χ1) is 6.83. The van der Waals surface area contributed by atoms with Crippen molar-refractivity contribution in [2.24, 2.45) is 5.73 Å². The highest BCUT2D eigenvalue weighted by atomic mass is 79.9. The van der Waals surface area contributed by atoms with Crippen LogP contribution in [0.25, 0.3) is 0 Å². The minimum atomic E-state index is -3.62. The van der Waals surface area contributed by atoms with Crippen LogP contribution in [-0.4, -0.2) is 20.9 Å². The minimum absolute atomic E-state index is 0.160. The van der Waals surface area contributed by atoms with E-state index in [1.165, 1.54) is 6.07 Å². The van der Waals surface area contributed by atoms with Crippen LogP contribution in [0.2, 0.25) is 0 Å². The van der Waals surface area contributed by atoms with Gasteiger partial charge in [-0.15, -0.1) is 11.3 Å². The third-order valence-electron chi connectivity index (χ3n) is 1.54. The van der Waals surface area contributed by atoms with E-state index in [-0.39, 0.29) is 4.21 Å². The summed E-state index contributed by atoms with van der Waals surface area (Å²) in [4.78, 5) is 10.4. The summed E-state index contributed by atoms with van der Waals surface area (Å²) in [7, 11) is -3.62. The molecule has 1 aromatic rings. The zero-order valence-corrected chi connectivity index (χ0v) is 11.0. The van der Waals surface area contributed by atoms with Crippen LogP contribution in [0.5, 0.6) is 0 Å². The predicted molar refractivity (Wildman–Crippen MR) is 61.1 cm³/mol. The number of primary amides is 1. The van der Waals surface area contributed by atoms with E-state index >= 15 is 0 Å². The Labute approximate surface area is 99.8 Å². The van der Waals surface area contributed by atoms with Gasteiger partial charge in [0.25, 0.3) is 10.0 Å². The number of nitrogens with one attached hydrogen (secondary N) is 1. The fraction of sp³-hybridized carbons (Fsp3) is 0.286. The molecule has 15 heavy (non-hydrogen) atoms. The van der Waals surface area contributed by atoms with Crippen LogP contribution >= 0.6 is 27.3 Å². The molecule has 0 fully saturated rings. The van der Waals surface area contributed by atoms with Gasteiger partial charge in [0.2, 0.25) is 5.91 Å². The van der Waals surface area contributed by atoms with Crippen molar-refractivity contribution in [1.29, 1.82) is 0 Å². The highest BCUT2D eigenvalue weighted by Gasteiger charge is 2.18. The van der Waals surface area contributed by atoms with E-state index in [0.29, 0.717) is 0 Å². The maximum Gasteiger partial charge on any atom is 0.250 e. The van der Waals surface area contributed by atoms with E-state index in [4.69, 9.17) is 5.73 Å². The van der Waals surface area contributed by atoms with Gasteiger partial charge in [0.1, 0.15) is 4.21 Å². The fourth-order valence-electron chi connectivity index (χ4n) is 0.801. The zero-order valence-electron chi connectivity index (χ0n) is 7.78. The van der Waals surface area contributed by atoms with Gasteiger partial charge < -0.3 is 5.73 Å². The normalized spacial score (nSPS) is 11.6. The Morgan fingerprint density at radius 2 is 2.27 bits per heavy atom. The van der Waals surface area contributed by atoms with Crippen molar-refractivity contribution >= 4 is 43.2 Å². The quantitative estimate of drug-likeness (QED) is 0.852. The number of hydrogen-bond donors (Lipinski definition) is 2. The lowest BCUT2D eigenvalue weighted by Gasteiger charge is -2.00. The third kappa shape index (κ3) is 3.26. The van der Waals surface area contributed by atoms with Crippen molar-refractivity contribution in [2.45, 2.75) is 11.1 Å². The fourth-order valence-corrected chi connectivity index (χ4v) is 4.06. The number of nitrogens with two attached hydrogens (primary N) is 1. The Bertz CT molecular complexity index is 461. The molecule has 1 amide bonds. The number of thiophene rings is 1. The molecule has 0 aliphatic carbocycles. The van der Waals surface area contributed by atoms with E-state index in [2.05, 4.69) is 20.7 Å². The largest absolute Gasteiger partial charge is 0.369 e. The lowest BCUT2D eigenvalue weighted by Crippen LogP contribution is -2.32. The van der Waals surface area contributed by atoms with Crippen molar-refractivity contribution in [3.63, 3.8) is 0 Å². The zero-order chi connectivity index (χ0) is 11.6. The molecule has 0 aliphatic rings. The molecule has 0 radical (unpaired) electrons. The number of halogens is 1. The van der Waals surface area contributed by atoms with Crippen molar-refractivity contribution in [1.82, 2.24) is 4.72 Å². The molecule has 0 saturated carbocycles. The molecule has 1 aromatic heterocycles. The number of carbonyl (C=O) groups is 1. The van der Waals surface area contributed by atoms with Crippen molar-refractivity contribution in [3.05, 3.63) is 15.4 Å². The van der Waals surface area contributed by atoms with E-state index in [1.807, 2.05) is 0 Å². The Hall–Kier alpha value is -0.440. The molecule has 1 rings (SSSR count). The van der Waals surface area contributed by atoms with Gasteiger partial charge in [-0.3, -0.25) is 4.79 Å². The van der Waals surface area contributed by atoms with Crippen molar-refractivity contribution in [2.75, 3.05) is 6.54 Å². The molecular formula is C7H9BrN2O3S2. The van der Waals surface area contributed by atoms with E-state index in [0.717, 1.165) is 20.7 Å². The first kappa shape index (κ1) is 12.6. The highest BCUT2D eigenvalue weighted by Crippen LogP contribution is 2.30. The van der Waals surface area contributed by atoms with Crippen molar-refractivity contribution < 1.29 is 13.2 Å². The number of sulfonamides is 1. The maximum absolute atomic E-state index is 11.6. The number of amides is 1. The summed E-state index contributed by atoms with van der Waals surface area (Å²) >= 11 is 4.31. The molecule has 5 nitrogen and oxygen atoms in total. The first-order valence-electron chi connectivity index (χ1n) is 3.87. The van der Waals surface area contributed by atoms with Crippen LogP contribution < -0.4 is 10.5 Å². The van der Waals surface area contributed by atoms with Crippen LogP contribution in [-0.2, 0) is 14.8 Å². The Balaban J connectivity index is 2.91. The summed E-state index contributed by atoms with van der Waals surface area (Å²) < 4.78 is 26.2. The smallest absolute Gasteiger partial charge is 0.250 e. The molecule has 0 bridgehead atoms. The number of hydrogen-bond acceptors (Lipinski definition) is 4. The molecule has 0 spiro atoms. The number of carbonyl (C=O) groups excluding carboxylic acids is 1. The second kappa shape index (κ2) is 4.60. The van der Waals surface area contributed by atoms with Crippen LogP contribution in [0, 0.1) is 6.92 Å². The lowest BCUT2D eigenvalue weighted by molar-refractivity contribution is -0.116. The molecule has 0 atom stereocenters. The summed E-state index contributed by atoms with van der Waals surface area (Å²) in [5, 5.41) is 0. The van der Waals surface area contributed by atoms with Crippen LogP contribution in [0.1, 0.15) is 5.56 Å². The van der Waals surface area contributed by atoms with Gasteiger partial charge in [-0.25, -0.2) is 13.1 Å². The summed E-state index contributed by atoms with van der Waals surface area (Å²) in [6.45, 7) is 1.39. The van der Waals surface area contributed by atoms with Gasteiger partial charge in [0.05, 0.1) is 10.3 Å². The van der Waals surface area contributed by atoms with E-state index in [9.17, 15) is 13.2 Å². The maximum atomic E-state index is 11.6. The molecule has 8 heteroatoms. The van der Waals surface area contributed by atoms with Crippen LogP contribution in [0.3, 0.4) is 0 Å². The second-order valence-electron chi connectivity index (χ2n) is 2.81. The highest BCUT2D eigenvalue weighted by molar-refractivity contribution is 9.11. The minimum Gasteiger partial charge on any atom is -0.369 e. The molecule has 1 heterocycles. The molecule has 0 unspecified atom stereocenters. The van der Waals surface area contributed by atoms with Crippen LogP contribution in [0.4, 0.5) is 0 Å². The van der Waals surface area contributed by atoms with Gasteiger partial charge in [-0.05, 0) is 34.5 Å². The Morgan fingerprint density at radius 1 is 1.67 bits per heavy atom. The van der Waals surface area contributed by atoms with Gasteiger partial charge in [0, 0.05) is 0 Å². The average Bonchev–Trinajstić information content (AvgIpc) is 2.45. The molecule has 84 valence electrons. The number of aryl methyl sites for hydroxylation is 1.